The molecule has 5 heteroatoms. The fourth-order valence-corrected chi connectivity index (χ4v) is 3.70. The monoisotopic (exact) mass is 292 g/mol. The predicted octanol–water partition coefficient (Wildman–Crippen LogP) is 2.74. The van der Waals surface area contributed by atoms with Gasteiger partial charge in [0.15, 0.2) is 0 Å². The van der Waals surface area contributed by atoms with Gasteiger partial charge < -0.3 is 4.90 Å². The van der Waals surface area contributed by atoms with Crippen LogP contribution in [0.3, 0.4) is 0 Å². The number of urea groups is 1. The molecule has 2 aliphatic rings. The standard InChI is InChI=1S/C15H17ClN2O2/c1-14(2,3)18-13(20)17(16)12(19)15(18)8-10-6-4-5-7-11(10)9-15/h4-7H,8-9H2,1-3H3. The molecule has 3 amide bonds. The Hall–Kier alpha value is -1.55. The minimum atomic E-state index is -0.860. The van der Waals surface area contributed by atoms with Crippen LogP contribution in [0, 0.1) is 0 Å². The van der Waals surface area contributed by atoms with Crippen LogP contribution >= 0.6 is 11.8 Å². The Morgan fingerprint density at radius 2 is 1.60 bits per heavy atom. The highest BCUT2D eigenvalue weighted by Gasteiger charge is 2.62. The maximum atomic E-state index is 12.6. The van der Waals surface area contributed by atoms with Crippen LogP contribution in [-0.2, 0) is 17.6 Å². The summed E-state index contributed by atoms with van der Waals surface area (Å²) < 4.78 is 0.747. The molecule has 1 fully saturated rings. The molecule has 1 aromatic carbocycles. The number of nitrogens with zero attached hydrogens (tertiary/aromatic N) is 2. The lowest BCUT2D eigenvalue weighted by Crippen LogP contribution is -2.58. The molecule has 1 heterocycles. The molecule has 1 saturated heterocycles. The van der Waals surface area contributed by atoms with Gasteiger partial charge in [0.1, 0.15) is 5.54 Å². The number of fused-ring (bicyclic) bond motifs is 1. The highest BCUT2D eigenvalue weighted by Crippen LogP contribution is 2.44. The van der Waals surface area contributed by atoms with Crippen molar-refractivity contribution < 1.29 is 9.59 Å². The van der Waals surface area contributed by atoms with E-state index in [4.69, 9.17) is 11.8 Å². The predicted molar refractivity (Wildman–Crippen MR) is 76.3 cm³/mol. The van der Waals surface area contributed by atoms with Gasteiger partial charge in [-0.15, -0.1) is 0 Å². The molecule has 1 aliphatic carbocycles. The molecular formula is C15H17ClN2O2. The molecule has 20 heavy (non-hydrogen) atoms. The first-order chi connectivity index (χ1) is 9.27. The van der Waals surface area contributed by atoms with E-state index < -0.39 is 17.1 Å². The highest BCUT2D eigenvalue weighted by molar-refractivity contribution is 6.33. The number of halogens is 1. The van der Waals surface area contributed by atoms with Crippen molar-refractivity contribution in [1.29, 1.82) is 0 Å². The molecule has 4 nitrogen and oxygen atoms in total. The fraction of sp³-hybridized carbons (Fsp3) is 0.467. The average Bonchev–Trinajstić information content (AvgIpc) is 2.81. The number of hydrogen-bond donors (Lipinski definition) is 0. The van der Waals surface area contributed by atoms with E-state index in [2.05, 4.69) is 0 Å². The van der Waals surface area contributed by atoms with Crippen LogP contribution in [0.25, 0.3) is 0 Å². The fourth-order valence-electron chi connectivity index (χ4n) is 3.47. The summed E-state index contributed by atoms with van der Waals surface area (Å²) in [7, 11) is 0. The van der Waals surface area contributed by atoms with E-state index in [0.717, 1.165) is 15.5 Å². The number of benzene rings is 1. The molecular weight excluding hydrogens is 276 g/mol. The Morgan fingerprint density at radius 3 is 2.05 bits per heavy atom. The van der Waals surface area contributed by atoms with Crippen LogP contribution in [0.2, 0.25) is 0 Å². The van der Waals surface area contributed by atoms with E-state index in [9.17, 15) is 9.59 Å². The van der Waals surface area contributed by atoms with Crippen LogP contribution in [0.5, 0.6) is 0 Å². The van der Waals surface area contributed by atoms with Crippen molar-refractivity contribution in [3.05, 3.63) is 35.4 Å². The molecule has 0 bridgehead atoms. The zero-order valence-electron chi connectivity index (χ0n) is 11.8. The van der Waals surface area contributed by atoms with Gasteiger partial charge in [0.05, 0.1) is 0 Å². The van der Waals surface area contributed by atoms with Crippen molar-refractivity contribution >= 4 is 23.7 Å². The Balaban J connectivity index is 2.12. The van der Waals surface area contributed by atoms with Crippen molar-refractivity contribution in [2.24, 2.45) is 0 Å². The summed E-state index contributed by atoms with van der Waals surface area (Å²) in [6, 6.07) is 7.52. The minimum Gasteiger partial charge on any atom is -0.303 e. The first kappa shape index (κ1) is 13.4. The zero-order valence-corrected chi connectivity index (χ0v) is 12.6. The summed E-state index contributed by atoms with van der Waals surface area (Å²) in [6.45, 7) is 5.79. The Morgan fingerprint density at radius 1 is 1.10 bits per heavy atom. The van der Waals surface area contributed by atoms with Gasteiger partial charge >= 0.3 is 6.03 Å². The number of carbonyl (C=O) groups is 2. The largest absolute Gasteiger partial charge is 0.343 e. The van der Waals surface area contributed by atoms with Crippen LogP contribution < -0.4 is 0 Å². The summed E-state index contributed by atoms with van der Waals surface area (Å²) in [5, 5.41) is 0. The van der Waals surface area contributed by atoms with Gasteiger partial charge in [0.2, 0.25) is 0 Å². The summed E-state index contributed by atoms with van der Waals surface area (Å²) in [5.74, 6) is -0.310. The molecule has 0 saturated carbocycles. The van der Waals surface area contributed by atoms with Crippen molar-refractivity contribution in [3.8, 4) is 0 Å². The van der Waals surface area contributed by atoms with E-state index in [1.54, 1.807) is 4.90 Å². The molecule has 1 spiro atoms. The third-order valence-electron chi connectivity index (χ3n) is 4.12. The third-order valence-corrected chi connectivity index (χ3v) is 4.42. The summed E-state index contributed by atoms with van der Waals surface area (Å²) in [6.07, 6.45) is 1.07. The normalized spacial score (nSPS) is 21.0. The van der Waals surface area contributed by atoms with E-state index in [1.807, 2.05) is 45.0 Å². The van der Waals surface area contributed by atoms with E-state index in [1.165, 1.54) is 0 Å². The van der Waals surface area contributed by atoms with Gasteiger partial charge in [0.25, 0.3) is 5.91 Å². The number of hydrogen-bond acceptors (Lipinski definition) is 2. The lowest BCUT2D eigenvalue weighted by atomic mass is 9.89. The molecule has 0 radical (unpaired) electrons. The molecule has 0 aromatic heterocycles. The van der Waals surface area contributed by atoms with Crippen LogP contribution in [-0.4, -0.2) is 32.3 Å². The van der Waals surface area contributed by atoms with Crippen LogP contribution in [0.15, 0.2) is 24.3 Å². The number of amides is 3. The van der Waals surface area contributed by atoms with Crippen LogP contribution in [0.1, 0.15) is 31.9 Å². The number of carbonyl (C=O) groups excluding carboxylic acids is 2. The quantitative estimate of drug-likeness (QED) is 0.545. The van der Waals surface area contributed by atoms with E-state index in [-0.39, 0.29) is 5.91 Å². The maximum Gasteiger partial charge on any atom is 0.343 e. The molecule has 106 valence electrons. The zero-order chi connectivity index (χ0) is 14.7. The van der Waals surface area contributed by atoms with E-state index >= 15 is 0 Å². The van der Waals surface area contributed by atoms with Crippen molar-refractivity contribution in [2.75, 3.05) is 0 Å². The Kier molecular flexibility index (Phi) is 2.67. The van der Waals surface area contributed by atoms with Gasteiger partial charge in [-0.2, -0.15) is 4.42 Å². The number of rotatable bonds is 0. The van der Waals surface area contributed by atoms with Gasteiger partial charge in [-0.05, 0) is 31.9 Å². The SMILES string of the molecule is CC(C)(C)N1C(=O)N(Cl)C(=O)C12Cc1ccccc1C2. The van der Waals surface area contributed by atoms with Gasteiger partial charge in [-0.25, -0.2) is 4.79 Å². The second-order valence-electron chi connectivity index (χ2n) is 6.53. The lowest BCUT2D eigenvalue weighted by Gasteiger charge is -2.41. The number of imide groups is 1. The molecule has 1 aromatic rings. The summed E-state index contributed by atoms with van der Waals surface area (Å²) in [5.41, 5.74) is 0.920. The third kappa shape index (κ3) is 1.61. The van der Waals surface area contributed by atoms with Gasteiger partial charge in [-0.1, -0.05) is 24.3 Å². The molecule has 0 atom stereocenters. The van der Waals surface area contributed by atoms with Gasteiger partial charge in [-0.3, -0.25) is 4.79 Å². The summed E-state index contributed by atoms with van der Waals surface area (Å²) >= 11 is 5.92. The smallest absolute Gasteiger partial charge is 0.303 e. The topological polar surface area (TPSA) is 40.6 Å². The average molecular weight is 293 g/mol. The van der Waals surface area contributed by atoms with Gasteiger partial charge in [0, 0.05) is 30.2 Å². The lowest BCUT2D eigenvalue weighted by molar-refractivity contribution is -0.131. The first-order valence-electron chi connectivity index (χ1n) is 6.69. The summed E-state index contributed by atoms with van der Waals surface area (Å²) in [4.78, 5) is 26.6. The first-order valence-corrected chi connectivity index (χ1v) is 7.02. The van der Waals surface area contributed by atoms with Crippen molar-refractivity contribution in [1.82, 2.24) is 9.32 Å². The molecule has 3 rings (SSSR count). The second-order valence-corrected chi connectivity index (χ2v) is 6.87. The van der Waals surface area contributed by atoms with Crippen molar-refractivity contribution in [2.45, 2.75) is 44.7 Å². The van der Waals surface area contributed by atoms with Crippen LogP contribution in [0.4, 0.5) is 4.79 Å². The minimum absolute atomic E-state index is 0.310. The highest BCUT2D eigenvalue weighted by atomic mass is 35.5. The van der Waals surface area contributed by atoms with E-state index in [0.29, 0.717) is 12.8 Å². The second kappa shape index (κ2) is 3.98. The molecule has 1 aliphatic heterocycles. The Labute approximate surface area is 123 Å². The molecule has 0 unspecified atom stereocenters. The Bertz CT molecular complexity index is 581. The molecule has 0 N–H and O–H groups in total. The maximum absolute atomic E-state index is 12.6. The van der Waals surface area contributed by atoms with Crippen molar-refractivity contribution in [3.63, 3.8) is 0 Å².